The molecule has 0 saturated heterocycles. The van der Waals surface area contributed by atoms with Crippen molar-refractivity contribution in [1.29, 1.82) is 0 Å². The summed E-state index contributed by atoms with van der Waals surface area (Å²) in [6.45, 7) is 0. The number of sulfone groups is 1. The van der Waals surface area contributed by atoms with Crippen molar-refractivity contribution in [2.45, 2.75) is 9.79 Å². The fourth-order valence-corrected chi connectivity index (χ4v) is 1.98. The average Bonchev–Trinajstić information content (AvgIpc) is 2.03. The van der Waals surface area contributed by atoms with Gasteiger partial charge in [0.1, 0.15) is 0 Å². The molecule has 0 radical (unpaired) electrons. The molecular weight excluding hydrogens is 235 g/mol. The van der Waals surface area contributed by atoms with Crippen molar-refractivity contribution in [3.63, 3.8) is 0 Å². The second-order valence-electron chi connectivity index (χ2n) is 2.50. The topological polar surface area (TPSA) is 71.4 Å². The second-order valence-corrected chi connectivity index (χ2v) is 5.48. The molecule has 0 heterocycles. The van der Waals surface area contributed by atoms with Gasteiger partial charge in [0.05, 0.1) is 9.79 Å². The molecule has 0 amide bonds. The Morgan fingerprint density at radius 1 is 1.43 bits per heavy atom. The largest absolute Gasteiger partial charge is 1.00 e. The monoisotopic (exact) mass is 244 g/mol. The number of hydrogen-bond acceptors (Lipinski definition) is 3. The fraction of sp³-hybridized carbons (Fsp3) is 0.143. The smallest absolute Gasteiger partial charge is 1.00 e. The molecule has 0 aliphatic carbocycles. The first kappa shape index (κ1) is 14.3. The van der Waals surface area contributed by atoms with Gasteiger partial charge >= 0.3 is 29.6 Å². The van der Waals surface area contributed by atoms with Gasteiger partial charge in [-0.3, -0.25) is 0 Å². The van der Waals surface area contributed by atoms with E-state index in [-0.39, 0.29) is 40.8 Å². The Morgan fingerprint density at radius 2 is 2.00 bits per heavy atom. The molecule has 4 nitrogen and oxygen atoms in total. The summed E-state index contributed by atoms with van der Waals surface area (Å²) in [7, 11) is -3.30. The van der Waals surface area contributed by atoms with E-state index in [1.54, 1.807) is 0 Å². The van der Waals surface area contributed by atoms with Crippen LogP contribution >= 0.6 is 0 Å². The van der Waals surface area contributed by atoms with Gasteiger partial charge in [0.15, 0.2) is 20.9 Å². The average molecular weight is 244 g/mol. The van der Waals surface area contributed by atoms with E-state index in [2.05, 4.69) is 0 Å². The third kappa shape index (κ3) is 3.80. The van der Waals surface area contributed by atoms with E-state index in [9.17, 15) is 12.6 Å². The molecule has 0 saturated carbocycles. The molecule has 14 heavy (non-hydrogen) atoms. The van der Waals surface area contributed by atoms with Crippen molar-refractivity contribution < 1.29 is 48.2 Å². The predicted octanol–water partition coefficient (Wildman–Crippen LogP) is -2.21. The molecule has 1 aromatic carbocycles. The zero-order valence-electron chi connectivity index (χ0n) is 8.80. The molecule has 1 unspecified atom stereocenters. The Kier molecular flexibility index (Phi) is 5.50. The summed E-state index contributed by atoms with van der Waals surface area (Å²) in [5.41, 5.74) is 0. The zero-order chi connectivity index (χ0) is 10.1. The molecule has 0 bridgehead atoms. The number of benzene rings is 1. The van der Waals surface area contributed by atoms with Gasteiger partial charge in [-0.25, -0.2) is 12.6 Å². The van der Waals surface area contributed by atoms with Crippen LogP contribution in [0.2, 0.25) is 0 Å². The van der Waals surface area contributed by atoms with Crippen LogP contribution in [-0.4, -0.2) is 23.4 Å². The molecule has 74 valence electrons. The molecule has 0 aliphatic heterocycles. The number of hydrogen-bond donors (Lipinski definition) is 1. The van der Waals surface area contributed by atoms with Crippen LogP contribution in [-0.2, 0) is 20.9 Å². The van der Waals surface area contributed by atoms with Gasteiger partial charge in [-0.05, 0) is 18.2 Å². The molecule has 0 fully saturated rings. The quantitative estimate of drug-likeness (QED) is 0.473. The van der Waals surface area contributed by atoms with Gasteiger partial charge in [-0.2, -0.15) is 0 Å². The van der Waals surface area contributed by atoms with Crippen LogP contribution in [0.1, 0.15) is 1.43 Å². The molecule has 0 aromatic heterocycles. The zero-order valence-corrected chi connectivity index (χ0v) is 11.4. The minimum atomic E-state index is -3.30. The van der Waals surface area contributed by atoms with Crippen molar-refractivity contribution in [3.8, 4) is 0 Å². The van der Waals surface area contributed by atoms with Gasteiger partial charge in [-0.15, -0.1) is 0 Å². The van der Waals surface area contributed by atoms with Gasteiger partial charge in [0.25, 0.3) is 0 Å². The van der Waals surface area contributed by atoms with Crippen LogP contribution in [0, 0.1) is 0 Å². The van der Waals surface area contributed by atoms with Gasteiger partial charge < -0.3 is 5.98 Å². The molecule has 7 heteroatoms. The third-order valence-corrected chi connectivity index (χ3v) is 3.20. The second kappa shape index (κ2) is 5.39. The molecule has 0 spiro atoms. The van der Waals surface area contributed by atoms with Crippen molar-refractivity contribution >= 4 is 20.9 Å². The maximum absolute atomic E-state index is 11.0. The standard InChI is InChI=1S/C7H8O4S2.Na.H/c1-13(10,11)7-4-2-3-6(5-7)12(8)9;;/h2-5H,1H3,(H,8,9);;/q;+1;-1. The van der Waals surface area contributed by atoms with E-state index in [0.717, 1.165) is 6.26 Å². The van der Waals surface area contributed by atoms with E-state index < -0.39 is 20.9 Å². The summed E-state index contributed by atoms with van der Waals surface area (Å²) in [5, 5.41) is 0. The van der Waals surface area contributed by atoms with Crippen molar-refractivity contribution in [2.24, 2.45) is 0 Å². The summed E-state index contributed by atoms with van der Waals surface area (Å²) < 4.78 is 41.3. The van der Waals surface area contributed by atoms with Crippen LogP contribution in [0.3, 0.4) is 0 Å². The van der Waals surface area contributed by atoms with Crippen molar-refractivity contribution in [2.75, 3.05) is 6.26 Å². The Morgan fingerprint density at radius 3 is 2.43 bits per heavy atom. The van der Waals surface area contributed by atoms with Gasteiger partial charge in [0.2, 0.25) is 0 Å². The van der Waals surface area contributed by atoms with E-state index in [1.807, 2.05) is 0 Å². The molecule has 1 aromatic rings. The molecule has 1 rings (SSSR count). The molecule has 0 aliphatic rings. The third-order valence-electron chi connectivity index (χ3n) is 1.44. The fourth-order valence-electron chi connectivity index (χ4n) is 0.813. The molecule has 1 atom stereocenters. The normalized spacial score (nSPS) is 13.0. The minimum Gasteiger partial charge on any atom is -1.00 e. The van der Waals surface area contributed by atoms with E-state index in [0.29, 0.717) is 0 Å². The Labute approximate surface area is 109 Å². The SMILES string of the molecule is CS(=O)(=O)c1cccc(S(=O)O)c1.[H-].[Na+]. The van der Waals surface area contributed by atoms with Crippen LogP contribution in [0.4, 0.5) is 0 Å². The first-order chi connectivity index (χ1) is 5.91. The van der Waals surface area contributed by atoms with E-state index in [1.165, 1.54) is 24.3 Å². The minimum absolute atomic E-state index is 0. The Bertz CT molecular complexity index is 446. The van der Waals surface area contributed by atoms with E-state index in [4.69, 9.17) is 4.55 Å². The summed E-state index contributed by atoms with van der Waals surface area (Å²) in [5.74, 6) is 0. The number of rotatable bonds is 2. The maximum Gasteiger partial charge on any atom is 1.00 e. The Hall–Kier alpha value is 0.280. The summed E-state index contributed by atoms with van der Waals surface area (Å²) in [6, 6.07) is 5.39. The van der Waals surface area contributed by atoms with Gasteiger partial charge in [-0.1, -0.05) is 6.07 Å². The van der Waals surface area contributed by atoms with Crippen LogP contribution in [0.15, 0.2) is 34.1 Å². The summed E-state index contributed by atoms with van der Waals surface area (Å²) in [4.78, 5) is 0.135. The first-order valence-corrected chi connectivity index (χ1v) is 6.32. The van der Waals surface area contributed by atoms with Crippen LogP contribution in [0.25, 0.3) is 0 Å². The maximum atomic E-state index is 11.0. The van der Waals surface area contributed by atoms with Crippen molar-refractivity contribution in [1.82, 2.24) is 0 Å². The summed E-state index contributed by atoms with van der Waals surface area (Å²) >= 11 is -2.14. The predicted molar refractivity (Wildman–Crippen MR) is 49.7 cm³/mol. The summed E-state index contributed by atoms with van der Waals surface area (Å²) in [6.07, 6.45) is 1.05. The van der Waals surface area contributed by atoms with E-state index >= 15 is 0 Å². The van der Waals surface area contributed by atoms with Gasteiger partial charge in [0, 0.05) is 6.26 Å². The van der Waals surface area contributed by atoms with Crippen LogP contribution < -0.4 is 29.6 Å². The first-order valence-electron chi connectivity index (χ1n) is 3.32. The molecular formula is C7H9NaO4S2. The molecule has 1 N–H and O–H groups in total. The van der Waals surface area contributed by atoms with Crippen LogP contribution in [0.5, 0.6) is 0 Å². The van der Waals surface area contributed by atoms with Crippen molar-refractivity contribution in [3.05, 3.63) is 24.3 Å². The Balaban J connectivity index is 0.